The van der Waals surface area contributed by atoms with Gasteiger partial charge in [0, 0.05) is 50.2 Å². The summed E-state index contributed by atoms with van der Waals surface area (Å²) >= 11 is 1.92. The van der Waals surface area contributed by atoms with Crippen LogP contribution in [0.4, 0.5) is 0 Å². The second-order valence-corrected chi connectivity index (χ2v) is 6.55. The van der Waals surface area contributed by atoms with Crippen molar-refractivity contribution in [3.63, 3.8) is 0 Å². The van der Waals surface area contributed by atoms with Gasteiger partial charge in [-0.1, -0.05) is 0 Å². The molecule has 0 aliphatic carbocycles. The first-order valence-electron chi connectivity index (χ1n) is 7.46. The number of carbonyl (C=O) groups excluding carboxylic acids is 1. The molecule has 6 heteroatoms. The highest BCUT2D eigenvalue weighted by Gasteiger charge is 2.17. The Kier molecular flexibility index (Phi) is 9.26. The van der Waals surface area contributed by atoms with E-state index in [1.165, 1.54) is 0 Å². The summed E-state index contributed by atoms with van der Waals surface area (Å²) in [5.74, 6) is 2.30. The van der Waals surface area contributed by atoms with Gasteiger partial charge in [-0.25, -0.2) is 0 Å². The Morgan fingerprint density at radius 2 is 2.35 bits per heavy atom. The van der Waals surface area contributed by atoms with Crippen LogP contribution in [0.5, 0.6) is 0 Å². The van der Waals surface area contributed by atoms with Crippen molar-refractivity contribution in [2.24, 2.45) is 0 Å². The van der Waals surface area contributed by atoms with Crippen LogP contribution in [0, 0.1) is 0 Å². The number of nitrogens with one attached hydrogen (secondary N) is 2. The van der Waals surface area contributed by atoms with Gasteiger partial charge in [0.05, 0.1) is 6.10 Å². The summed E-state index contributed by atoms with van der Waals surface area (Å²) in [6.45, 7) is 5.27. The van der Waals surface area contributed by atoms with E-state index in [4.69, 9.17) is 4.74 Å². The van der Waals surface area contributed by atoms with Gasteiger partial charge in [-0.2, -0.15) is 11.8 Å². The number of ether oxygens (including phenoxy) is 1. The lowest BCUT2D eigenvalue weighted by atomic mass is 10.2. The van der Waals surface area contributed by atoms with E-state index in [2.05, 4.69) is 15.5 Å². The minimum Gasteiger partial charge on any atom is -0.377 e. The molecule has 1 aliphatic rings. The zero-order chi connectivity index (χ0) is 14.8. The Morgan fingerprint density at radius 1 is 1.55 bits per heavy atom. The summed E-state index contributed by atoms with van der Waals surface area (Å²) in [6, 6.07) is 0.320. The fourth-order valence-corrected chi connectivity index (χ4v) is 3.11. The molecule has 1 amide bonds. The molecule has 0 saturated carbocycles. The molecule has 20 heavy (non-hydrogen) atoms. The SMILES string of the molecule is CCOC(CCN(C)C)CNC(=O)CC1CSCCN1. The molecule has 0 aromatic heterocycles. The number of amides is 1. The predicted molar refractivity (Wildman–Crippen MR) is 85.3 cm³/mol. The Bertz CT molecular complexity index is 271. The van der Waals surface area contributed by atoms with Crippen molar-refractivity contribution in [3.8, 4) is 0 Å². The van der Waals surface area contributed by atoms with Gasteiger partial charge in [-0.15, -0.1) is 0 Å². The average Bonchev–Trinajstić information content (AvgIpc) is 2.43. The molecule has 1 rings (SSSR count). The zero-order valence-electron chi connectivity index (χ0n) is 13.0. The topological polar surface area (TPSA) is 53.6 Å². The standard InChI is InChI=1S/C14H29N3O2S/c1-4-19-13(5-7-17(2)3)10-16-14(18)9-12-11-20-8-6-15-12/h12-13,15H,4-11H2,1-3H3,(H,16,18). The molecule has 0 aromatic rings. The second kappa shape index (κ2) is 10.4. The van der Waals surface area contributed by atoms with Gasteiger partial charge < -0.3 is 20.3 Å². The summed E-state index contributed by atoms with van der Waals surface area (Å²) in [4.78, 5) is 14.1. The third-order valence-electron chi connectivity index (χ3n) is 3.26. The molecule has 1 fully saturated rings. The van der Waals surface area contributed by atoms with Crippen molar-refractivity contribution in [2.45, 2.75) is 31.9 Å². The largest absolute Gasteiger partial charge is 0.377 e. The molecule has 1 heterocycles. The highest BCUT2D eigenvalue weighted by Crippen LogP contribution is 2.10. The van der Waals surface area contributed by atoms with E-state index < -0.39 is 0 Å². The molecule has 1 aliphatic heterocycles. The number of rotatable bonds is 9. The summed E-state index contributed by atoms with van der Waals surface area (Å²) < 4.78 is 5.67. The second-order valence-electron chi connectivity index (χ2n) is 5.40. The Hall–Kier alpha value is -0.300. The maximum atomic E-state index is 11.9. The molecule has 5 nitrogen and oxygen atoms in total. The minimum absolute atomic E-state index is 0.111. The van der Waals surface area contributed by atoms with E-state index in [1.807, 2.05) is 32.8 Å². The maximum absolute atomic E-state index is 11.9. The first kappa shape index (κ1) is 17.8. The van der Waals surface area contributed by atoms with Gasteiger partial charge in [-0.3, -0.25) is 4.79 Å². The fraction of sp³-hybridized carbons (Fsp3) is 0.929. The van der Waals surface area contributed by atoms with Crippen molar-refractivity contribution in [2.75, 3.05) is 51.8 Å². The molecule has 1 saturated heterocycles. The number of hydrogen-bond acceptors (Lipinski definition) is 5. The van der Waals surface area contributed by atoms with Gasteiger partial charge in [0.2, 0.25) is 5.91 Å². The van der Waals surface area contributed by atoms with E-state index in [9.17, 15) is 4.79 Å². The molecule has 0 aromatic carbocycles. The summed E-state index contributed by atoms with van der Waals surface area (Å²) in [6.07, 6.45) is 1.62. The molecule has 2 atom stereocenters. The summed E-state index contributed by atoms with van der Waals surface area (Å²) in [5, 5.41) is 6.39. The predicted octanol–water partition coefficient (Wildman–Crippen LogP) is 0.555. The minimum atomic E-state index is 0.111. The van der Waals surface area contributed by atoms with Crippen molar-refractivity contribution in [3.05, 3.63) is 0 Å². The number of thioether (sulfide) groups is 1. The molecule has 0 bridgehead atoms. The molecular formula is C14H29N3O2S. The van der Waals surface area contributed by atoms with E-state index in [1.54, 1.807) is 0 Å². The number of carbonyl (C=O) groups is 1. The summed E-state index contributed by atoms with van der Waals surface area (Å²) in [5.41, 5.74) is 0. The first-order chi connectivity index (χ1) is 9.61. The van der Waals surface area contributed by atoms with Gasteiger partial charge in [-0.05, 0) is 27.4 Å². The van der Waals surface area contributed by atoms with Crippen LogP contribution >= 0.6 is 11.8 Å². The monoisotopic (exact) mass is 303 g/mol. The van der Waals surface area contributed by atoms with Gasteiger partial charge in [0.25, 0.3) is 0 Å². The quantitative estimate of drug-likeness (QED) is 0.652. The molecule has 0 radical (unpaired) electrons. The zero-order valence-corrected chi connectivity index (χ0v) is 13.8. The fourth-order valence-electron chi connectivity index (χ4n) is 2.16. The first-order valence-corrected chi connectivity index (χ1v) is 8.61. The number of hydrogen-bond donors (Lipinski definition) is 2. The van der Waals surface area contributed by atoms with E-state index in [0.29, 0.717) is 25.6 Å². The lowest BCUT2D eigenvalue weighted by Crippen LogP contribution is -2.43. The van der Waals surface area contributed by atoms with Crippen LogP contribution in [0.15, 0.2) is 0 Å². The third kappa shape index (κ3) is 8.09. The third-order valence-corrected chi connectivity index (χ3v) is 4.39. The van der Waals surface area contributed by atoms with Crippen LogP contribution in [0.2, 0.25) is 0 Å². The van der Waals surface area contributed by atoms with Crippen LogP contribution in [0.3, 0.4) is 0 Å². The highest BCUT2D eigenvalue weighted by atomic mass is 32.2. The Morgan fingerprint density at radius 3 is 2.95 bits per heavy atom. The maximum Gasteiger partial charge on any atom is 0.221 e. The van der Waals surface area contributed by atoms with Gasteiger partial charge >= 0.3 is 0 Å². The average molecular weight is 303 g/mol. The highest BCUT2D eigenvalue weighted by molar-refractivity contribution is 7.99. The van der Waals surface area contributed by atoms with Crippen LogP contribution in [0.1, 0.15) is 19.8 Å². The molecule has 2 N–H and O–H groups in total. The number of nitrogens with zero attached hydrogens (tertiary/aromatic N) is 1. The van der Waals surface area contributed by atoms with Gasteiger partial charge in [0.1, 0.15) is 0 Å². The normalized spacial score (nSPS) is 20.9. The molecule has 0 spiro atoms. The Labute approximate surface area is 127 Å². The van der Waals surface area contributed by atoms with E-state index in [-0.39, 0.29) is 12.0 Å². The van der Waals surface area contributed by atoms with E-state index >= 15 is 0 Å². The van der Waals surface area contributed by atoms with E-state index in [0.717, 1.165) is 31.0 Å². The Balaban J connectivity index is 2.21. The van der Waals surface area contributed by atoms with Crippen LogP contribution in [-0.2, 0) is 9.53 Å². The van der Waals surface area contributed by atoms with Crippen LogP contribution < -0.4 is 10.6 Å². The molecular weight excluding hydrogens is 274 g/mol. The smallest absolute Gasteiger partial charge is 0.221 e. The lowest BCUT2D eigenvalue weighted by molar-refractivity contribution is -0.122. The van der Waals surface area contributed by atoms with Crippen molar-refractivity contribution >= 4 is 17.7 Å². The molecule has 118 valence electrons. The van der Waals surface area contributed by atoms with Crippen molar-refractivity contribution in [1.29, 1.82) is 0 Å². The van der Waals surface area contributed by atoms with Crippen LogP contribution in [-0.4, -0.2) is 74.8 Å². The lowest BCUT2D eigenvalue weighted by Gasteiger charge is -2.23. The molecule has 2 unspecified atom stereocenters. The van der Waals surface area contributed by atoms with Gasteiger partial charge in [0.15, 0.2) is 0 Å². The van der Waals surface area contributed by atoms with Crippen molar-refractivity contribution in [1.82, 2.24) is 15.5 Å². The van der Waals surface area contributed by atoms with Crippen LogP contribution in [0.25, 0.3) is 0 Å². The summed E-state index contributed by atoms with van der Waals surface area (Å²) in [7, 11) is 4.10. The van der Waals surface area contributed by atoms with Crippen molar-refractivity contribution < 1.29 is 9.53 Å².